The van der Waals surface area contributed by atoms with Crippen molar-refractivity contribution in [3.8, 4) is 5.75 Å². The molecule has 0 atom stereocenters. The number of nitrogens with two attached hydrogens (primary N) is 1. The zero-order valence-corrected chi connectivity index (χ0v) is 13.0. The molecular formula is C14H12BrClN2O2. The van der Waals surface area contributed by atoms with Gasteiger partial charge in [0, 0.05) is 10.2 Å². The molecule has 2 rings (SSSR count). The average molecular weight is 356 g/mol. The molecule has 0 spiro atoms. The van der Waals surface area contributed by atoms with Crippen LogP contribution in [0.2, 0.25) is 5.02 Å². The number of nitrogen functional groups attached to an aromatic ring is 1. The van der Waals surface area contributed by atoms with Crippen LogP contribution in [0.3, 0.4) is 0 Å². The minimum absolute atomic E-state index is 0.334. The summed E-state index contributed by atoms with van der Waals surface area (Å²) < 4.78 is 5.90. The first-order valence-corrected chi connectivity index (χ1v) is 6.88. The molecule has 20 heavy (non-hydrogen) atoms. The van der Waals surface area contributed by atoms with E-state index in [0.29, 0.717) is 27.7 Å². The highest BCUT2D eigenvalue weighted by molar-refractivity contribution is 9.10. The molecule has 0 aromatic heterocycles. The molecule has 6 heteroatoms. The van der Waals surface area contributed by atoms with Crippen LogP contribution in [0.5, 0.6) is 5.75 Å². The van der Waals surface area contributed by atoms with Gasteiger partial charge in [-0.05, 0) is 36.4 Å². The van der Waals surface area contributed by atoms with E-state index in [1.807, 2.05) is 0 Å². The molecule has 0 radical (unpaired) electrons. The van der Waals surface area contributed by atoms with E-state index in [9.17, 15) is 4.79 Å². The summed E-state index contributed by atoms with van der Waals surface area (Å²) in [7, 11) is 1.53. The second-order valence-corrected chi connectivity index (χ2v) is 5.35. The lowest BCUT2D eigenvalue weighted by Crippen LogP contribution is -2.14. The first kappa shape index (κ1) is 14.7. The van der Waals surface area contributed by atoms with Gasteiger partial charge in [-0.1, -0.05) is 27.5 Å². The third-order valence-electron chi connectivity index (χ3n) is 2.68. The van der Waals surface area contributed by atoms with Crippen LogP contribution >= 0.6 is 27.5 Å². The number of methoxy groups -OCH3 is 1. The smallest absolute Gasteiger partial charge is 0.257 e. The zero-order valence-electron chi connectivity index (χ0n) is 10.6. The summed E-state index contributed by atoms with van der Waals surface area (Å²) in [6, 6.07) is 10.1. The molecule has 0 aliphatic heterocycles. The maximum Gasteiger partial charge on any atom is 0.257 e. The van der Waals surface area contributed by atoms with Gasteiger partial charge in [0.25, 0.3) is 5.91 Å². The number of carbonyl (C=O) groups is 1. The number of nitrogens with one attached hydrogen (secondary N) is 1. The molecule has 1 amide bonds. The van der Waals surface area contributed by atoms with Crippen LogP contribution in [-0.4, -0.2) is 13.0 Å². The lowest BCUT2D eigenvalue weighted by molar-refractivity contribution is 0.102. The highest BCUT2D eigenvalue weighted by Gasteiger charge is 2.13. The van der Waals surface area contributed by atoms with Crippen molar-refractivity contribution in [2.75, 3.05) is 18.2 Å². The largest absolute Gasteiger partial charge is 0.497 e. The number of hydrogen-bond acceptors (Lipinski definition) is 3. The summed E-state index contributed by atoms with van der Waals surface area (Å²) in [5, 5.41) is 3.17. The molecule has 0 fully saturated rings. The normalized spacial score (nSPS) is 10.2. The molecule has 0 heterocycles. The topological polar surface area (TPSA) is 64.3 Å². The molecule has 104 valence electrons. The van der Waals surface area contributed by atoms with Crippen molar-refractivity contribution in [2.24, 2.45) is 0 Å². The third-order valence-corrected chi connectivity index (χ3v) is 3.50. The van der Waals surface area contributed by atoms with Gasteiger partial charge in [-0.15, -0.1) is 0 Å². The molecule has 2 aromatic rings. The van der Waals surface area contributed by atoms with Crippen LogP contribution in [0.1, 0.15) is 10.4 Å². The highest BCUT2D eigenvalue weighted by atomic mass is 79.9. The predicted molar refractivity (Wildman–Crippen MR) is 84.5 cm³/mol. The van der Waals surface area contributed by atoms with E-state index in [2.05, 4.69) is 21.2 Å². The van der Waals surface area contributed by atoms with Gasteiger partial charge in [0.15, 0.2) is 0 Å². The van der Waals surface area contributed by atoms with Crippen molar-refractivity contribution < 1.29 is 9.53 Å². The number of ether oxygens (including phenoxy) is 1. The van der Waals surface area contributed by atoms with Gasteiger partial charge < -0.3 is 15.8 Å². The molecule has 4 nitrogen and oxygen atoms in total. The summed E-state index contributed by atoms with van der Waals surface area (Å²) in [5.41, 5.74) is 7.02. The van der Waals surface area contributed by atoms with Gasteiger partial charge in [-0.25, -0.2) is 0 Å². The van der Waals surface area contributed by atoms with Gasteiger partial charge in [-0.3, -0.25) is 4.79 Å². The van der Waals surface area contributed by atoms with Crippen molar-refractivity contribution >= 4 is 44.8 Å². The number of anilines is 2. The lowest BCUT2D eigenvalue weighted by Gasteiger charge is -2.10. The fourth-order valence-corrected chi connectivity index (χ4v) is 2.17. The highest BCUT2D eigenvalue weighted by Crippen LogP contribution is 2.27. The van der Waals surface area contributed by atoms with Gasteiger partial charge >= 0.3 is 0 Å². The minimum Gasteiger partial charge on any atom is -0.497 e. The van der Waals surface area contributed by atoms with Gasteiger partial charge in [0.2, 0.25) is 0 Å². The quantitative estimate of drug-likeness (QED) is 0.820. The van der Waals surface area contributed by atoms with Crippen molar-refractivity contribution in [2.45, 2.75) is 0 Å². The lowest BCUT2D eigenvalue weighted by atomic mass is 10.1. The molecule has 0 unspecified atom stereocenters. The van der Waals surface area contributed by atoms with Crippen LogP contribution in [0.25, 0.3) is 0 Å². The number of carbonyl (C=O) groups excluding carboxylic acids is 1. The molecule has 0 saturated heterocycles. The molecule has 0 aliphatic carbocycles. The Morgan fingerprint density at radius 3 is 2.75 bits per heavy atom. The second-order valence-electron chi connectivity index (χ2n) is 4.03. The van der Waals surface area contributed by atoms with Crippen molar-refractivity contribution in [1.29, 1.82) is 0 Å². The van der Waals surface area contributed by atoms with E-state index in [-0.39, 0.29) is 5.91 Å². The maximum atomic E-state index is 12.2. The molecule has 2 aromatic carbocycles. The van der Waals surface area contributed by atoms with Crippen molar-refractivity contribution in [1.82, 2.24) is 0 Å². The van der Waals surface area contributed by atoms with E-state index in [1.165, 1.54) is 7.11 Å². The SMILES string of the molecule is COc1ccc(N)c(C(=O)Nc2cc(Br)ccc2Cl)c1. The van der Waals surface area contributed by atoms with E-state index in [1.54, 1.807) is 36.4 Å². The third kappa shape index (κ3) is 3.23. The Morgan fingerprint density at radius 1 is 1.30 bits per heavy atom. The first-order chi connectivity index (χ1) is 9.51. The molecular weight excluding hydrogens is 344 g/mol. The number of benzene rings is 2. The van der Waals surface area contributed by atoms with Crippen molar-refractivity contribution in [3.63, 3.8) is 0 Å². The van der Waals surface area contributed by atoms with Gasteiger partial charge in [0.05, 0.1) is 23.4 Å². The Hall–Kier alpha value is -1.72. The van der Waals surface area contributed by atoms with Crippen LogP contribution in [-0.2, 0) is 0 Å². The number of rotatable bonds is 3. The average Bonchev–Trinajstić information content (AvgIpc) is 2.43. The standard InChI is InChI=1S/C14H12BrClN2O2/c1-20-9-3-5-12(17)10(7-9)14(19)18-13-6-8(15)2-4-11(13)16/h2-7H,17H2,1H3,(H,18,19). The number of amides is 1. The Labute approximate surface area is 130 Å². The Balaban J connectivity index is 2.30. The van der Waals surface area contributed by atoms with Crippen LogP contribution in [0, 0.1) is 0 Å². The summed E-state index contributed by atoms with van der Waals surface area (Å²) in [5.74, 6) is 0.214. The second kappa shape index (κ2) is 6.15. The maximum absolute atomic E-state index is 12.2. The first-order valence-electron chi connectivity index (χ1n) is 5.71. The number of hydrogen-bond donors (Lipinski definition) is 2. The fourth-order valence-electron chi connectivity index (χ4n) is 1.64. The van der Waals surface area contributed by atoms with E-state index >= 15 is 0 Å². The Bertz CT molecular complexity index is 662. The van der Waals surface area contributed by atoms with Crippen LogP contribution < -0.4 is 15.8 Å². The molecule has 0 bridgehead atoms. The summed E-state index contributed by atoms with van der Waals surface area (Å²) in [4.78, 5) is 12.2. The summed E-state index contributed by atoms with van der Waals surface area (Å²) >= 11 is 9.36. The van der Waals surface area contributed by atoms with E-state index < -0.39 is 0 Å². The van der Waals surface area contributed by atoms with E-state index in [4.69, 9.17) is 22.1 Å². The Morgan fingerprint density at radius 2 is 2.05 bits per heavy atom. The Kier molecular flexibility index (Phi) is 4.52. The molecule has 0 saturated carbocycles. The minimum atomic E-state index is -0.346. The van der Waals surface area contributed by atoms with Gasteiger partial charge in [-0.2, -0.15) is 0 Å². The fraction of sp³-hybridized carbons (Fsp3) is 0.0714. The number of halogens is 2. The van der Waals surface area contributed by atoms with Crippen LogP contribution in [0.15, 0.2) is 40.9 Å². The molecule has 0 aliphatic rings. The zero-order chi connectivity index (χ0) is 14.7. The van der Waals surface area contributed by atoms with Gasteiger partial charge in [0.1, 0.15) is 5.75 Å². The van der Waals surface area contributed by atoms with Crippen molar-refractivity contribution in [3.05, 3.63) is 51.5 Å². The summed E-state index contributed by atoms with van der Waals surface area (Å²) in [6.07, 6.45) is 0. The monoisotopic (exact) mass is 354 g/mol. The predicted octanol–water partition coefficient (Wildman–Crippen LogP) is 3.95. The van der Waals surface area contributed by atoms with E-state index in [0.717, 1.165) is 4.47 Å². The van der Waals surface area contributed by atoms with Crippen LogP contribution in [0.4, 0.5) is 11.4 Å². The summed E-state index contributed by atoms with van der Waals surface area (Å²) in [6.45, 7) is 0. The molecule has 3 N–H and O–H groups in total.